The summed E-state index contributed by atoms with van der Waals surface area (Å²) in [5, 5.41) is 3.31. The zero-order chi connectivity index (χ0) is 14.9. The Hall–Kier alpha value is -1.81. The maximum Gasteiger partial charge on any atom is 0.226 e. The molecule has 0 unspecified atom stereocenters. The second-order valence-electron chi connectivity index (χ2n) is 5.05. The van der Waals surface area contributed by atoms with Crippen LogP contribution in [0.3, 0.4) is 0 Å². The summed E-state index contributed by atoms with van der Waals surface area (Å²) in [6, 6.07) is 7.89. The van der Waals surface area contributed by atoms with Gasteiger partial charge in [-0.05, 0) is 43.7 Å². The number of hydrogen-bond acceptors (Lipinski definition) is 4. The minimum absolute atomic E-state index is 0.656. The lowest BCUT2D eigenvalue weighted by atomic mass is 10.2. The first-order valence-electron chi connectivity index (χ1n) is 7.71. The van der Waals surface area contributed by atoms with Crippen LogP contribution in [0.25, 0.3) is 11.5 Å². The third-order valence-corrected chi connectivity index (χ3v) is 3.15. The maximum atomic E-state index is 5.65. The summed E-state index contributed by atoms with van der Waals surface area (Å²) in [5.74, 6) is 1.55. The predicted octanol–water partition coefficient (Wildman–Crippen LogP) is 4.02. The second kappa shape index (κ2) is 8.47. The van der Waals surface area contributed by atoms with Crippen LogP contribution in [0.2, 0.25) is 0 Å². The summed E-state index contributed by atoms with van der Waals surface area (Å²) in [6.07, 6.45) is 5.05. The van der Waals surface area contributed by atoms with Crippen LogP contribution >= 0.6 is 0 Å². The van der Waals surface area contributed by atoms with Gasteiger partial charge in [0.05, 0.1) is 12.3 Å². The average molecular weight is 288 g/mol. The highest BCUT2D eigenvalue weighted by atomic mass is 16.5. The summed E-state index contributed by atoms with van der Waals surface area (Å²) in [4.78, 5) is 4.49. The van der Waals surface area contributed by atoms with Gasteiger partial charge in [0.1, 0.15) is 12.0 Å². The molecule has 0 aliphatic rings. The number of benzene rings is 1. The highest BCUT2D eigenvalue weighted by Gasteiger charge is 2.06. The monoisotopic (exact) mass is 288 g/mol. The SMILES string of the molecule is CCCCOc1ccc(-c2nc(CNCCC)co2)cc1. The van der Waals surface area contributed by atoms with Crippen molar-refractivity contribution in [2.45, 2.75) is 39.7 Å². The van der Waals surface area contributed by atoms with E-state index in [2.05, 4.69) is 24.1 Å². The van der Waals surface area contributed by atoms with Gasteiger partial charge < -0.3 is 14.5 Å². The normalized spacial score (nSPS) is 10.8. The highest BCUT2D eigenvalue weighted by Crippen LogP contribution is 2.22. The molecular weight excluding hydrogens is 264 g/mol. The van der Waals surface area contributed by atoms with Crippen molar-refractivity contribution in [1.82, 2.24) is 10.3 Å². The van der Waals surface area contributed by atoms with Gasteiger partial charge in [0.15, 0.2) is 0 Å². The van der Waals surface area contributed by atoms with E-state index in [4.69, 9.17) is 9.15 Å². The van der Waals surface area contributed by atoms with Crippen molar-refractivity contribution < 1.29 is 9.15 Å². The van der Waals surface area contributed by atoms with E-state index < -0.39 is 0 Å². The minimum Gasteiger partial charge on any atom is -0.494 e. The molecule has 0 spiro atoms. The molecular formula is C17H24N2O2. The van der Waals surface area contributed by atoms with Crippen molar-refractivity contribution in [3.8, 4) is 17.2 Å². The quantitative estimate of drug-likeness (QED) is 0.708. The van der Waals surface area contributed by atoms with E-state index >= 15 is 0 Å². The molecule has 2 aromatic rings. The molecule has 0 atom stereocenters. The van der Waals surface area contributed by atoms with Gasteiger partial charge in [-0.25, -0.2) is 4.98 Å². The van der Waals surface area contributed by atoms with Gasteiger partial charge in [-0.3, -0.25) is 0 Å². The lowest BCUT2D eigenvalue weighted by molar-refractivity contribution is 0.309. The van der Waals surface area contributed by atoms with Crippen molar-refractivity contribution >= 4 is 0 Å². The van der Waals surface area contributed by atoms with Crippen molar-refractivity contribution in [3.05, 3.63) is 36.2 Å². The average Bonchev–Trinajstić information content (AvgIpc) is 2.97. The van der Waals surface area contributed by atoms with Crippen LogP contribution in [0.1, 0.15) is 38.8 Å². The fourth-order valence-corrected chi connectivity index (χ4v) is 1.94. The first-order valence-corrected chi connectivity index (χ1v) is 7.71. The van der Waals surface area contributed by atoms with Crippen LogP contribution in [0.4, 0.5) is 0 Å². The molecule has 1 heterocycles. The van der Waals surface area contributed by atoms with Crippen molar-refractivity contribution in [2.75, 3.05) is 13.2 Å². The van der Waals surface area contributed by atoms with Gasteiger partial charge in [-0.1, -0.05) is 20.3 Å². The summed E-state index contributed by atoms with van der Waals surface area (Å²) in [6.45, 7) is 6.80. The molecule has 1 aromatic carbocycles. The van der Waals surface area contributed by atoms with E-state index in [1.807, 2.05) is 24.3 Å². The number of ether oxygens (including phenoxy) is 1. The molecule has 0 aliphatic carbocycles. The number of hydrogen-bond donors (Lipinski definition) is 1. The van der Waals surface area contributed by atoms with Gasteiger partial charge in [0.25, 0.3) is 0 Å². The summed E-state index contributed by atoms with van der Waals surface area (Å²) >= 11 is 0. The first kappa shape index (κ1) is 15.6. The Bertz CT molecular complexity index is 520. The Balaban J connectivity index is 1.92. The van der Waals surface area contributed by atoms with Gasteiger partial charge in [0.2, 0.25) is 5.89 Å². The molecule has 0 amide bonds. The number of oxazole rings is 1. The molecule has 21 heavy (non-hydrogen) atoms. The van der Waals surface area contributed by atoms with Crippen LogP contribution in [0.5, 0.6) is 5.75 Å². The van der Waals surface area contributed by atoms with Crippen LogP contribution < -0.4 is 10.1 Å². The topological polar surface area (TPSA) is 47.3 Å². The van der Waals surface area contributed by atoms with E-state index in [-0.39, 0.29) is 0 Å². The number of rotatable bonds is 9. The molecule has 1 N–H and O–H groups in total. The fourth-order valence-electron chi connectivity index (χ4n) is 1.94. The molecule has 1 aromatic heterocycles. The molecule has 0 saturated carbocycles. The molecule has 4 nitrogen and oxygen atoms in total. The maximum absolute atomic E-state index is 5.65. The largest absolute Gasteiger partial charge is 0.494 e. The van der Waals surface area contributed by atoms with Crippen molar-refractivity contribution in [2.24, 2.45) is 0 Å². The Labute approximate surface area is 126 Å². The van der Waals surface area contributed by atoms with E-state index in [0.29, 0.717) is 5.89 Å². The molecule has 2 rings (SSSR count). The van der Waals surface area contributed by atoms with Gasteiger partial charge in [0, 0.05) is 12.1 Å². The van der Waals surface area contributed by atoms with Crippen LogP contribution in [0.15, 0.2) is 34.9 Å². The lowest BCUT2D eigenvalue weighted by Crippen LogP contribution is -2.13. The third-order valence-electron chi connectivity index (χ3n) is 3.15. The van der Waals surface area contributed by atoms with Crippen LogP contribution in [0, 0.1) is 0 Å². The predicted molar refractivity (Wildman–Crippen MR) is 84.3 cm³/mol. The van der Waals surface area contributed by atoms with E-state index in [1.165, 1.54) is 0 Å². The molecule has 0 radical (unpaired) electrons. The summed E-state index contributed by atoms with van der Waals surface area (Å²) in [5.41, 5.74) is 1.90. The van der Waals surface area contributed by atoms with Crippen molar-refractivity contribution in [1.29, 1.82) is 0 Å². The zero-order valence-corrected chi connectivity index (χ0v) is 12.9. The zero-order valence-electron chi connectivity index (χ0n) is 12.9. The summed E-state index contributed by atoms with van der Waals surface area (Å²) in [7, 11) is 0. The van der Waals surface area contributed by atoms with E-state index in [0.717, 1.165) is 56.0 Å². The smallest absolute Gasteiger partial charge is 0.226 e. The van der Waals surface area contributed by atoms with Crippen molar-refractivity contribution in [3.63, 3.8) is 0 Å². The van der Waals surface area contributed by atoms with E-state index in [9.17, 15) is 0 Å². The fraction of sp³-hybridized carbons (Fsp3) is 0.471. The third kappa shape index (κ3) is 4.90. The Kier molecular flexibility index (Phi) is 6.28. The number of aromatic nitrogens is 1. The second-order valence-corrected chi connectivity index (χ2v) is 5.05. The lowest BCUT2D eigenvalue weighted by Gasteiger charge is -2.05. The van der Waals surface area contributed by atoms with Crippen LogP contribution in [-0.2, 0) is 6.54 Å². The number of nitrogens with zero attached hydrogens (tertiary/aromatic N) is 1. The molecule has 0 aliphatic heterocycles. The summed E-state index contributed by atoms with van der Waals surface area (Å²) < 4.78 is 11.2. The standard InChI is InChI=1S/C17H24N2O2/c1-3-5-11-20-16-8-6-14(7-9-16)17-19-15(13-21-17)12-18-10-4-2/h6-9,13,18H,3-5,10-12H2,1-2H3. The highest BCUT2D eigenvalue weighted by molar-refractivity contribution is 5.54. The van der Waals surface area contributed by atoms with Crippen LogP contribution in [-0.4, -0.2) is 18.1 Å². The van der Waals surface area contributed by atoms with Gasteiger partial charge in [-0.2, -0.15) is 0 Å². The first-order chi connectivity index (χ1) is 10.3. The Morgan fingerprint density at radius 1 is 1.14 bits per heavy atom. The molecule has 0 fully saturated rings. The molecule has 0 saturated heterocycles. The van der Waals surface area contributed by atoms with E-state index in [1.54, 1.807) is 6.26 Å². The molecule has 4 heteroatoms. The minimum atomic E-state index is 0.656. The Morgan fingerprint density at radius 2 is 1.95 bits per heavy atom. The number of nitrogens with one attached hydrogen (secondary N) is 1. The van der Waals surface area contributed by atoms with Gasteiger partial charge >= 0.3 is 0 Å². The molecule has 114 valence electrons. The van der Waals surface area contributed by atoms with Gasteiger partial charge in [-0.15, -0.1) is 0 Å². The Morgan fingerprint density at radius 3 is 2.67 bits per heavy atom. The number of unbranched alkanes of at least 4 members (excludes halogenated alkanes) is 1. The molecule has 0 bridgehead atoms.